The summed E-state index contributed by atoms with van der Waals surface area (Å²) >= 11 is 0.173. The maximum absolute atomic E-state index is 12.2. The molecule has 0 aliphatic heterocycles. The summed E-state index contributed by atoms with van der Waals surface area (Å²) in [6.45, 7) is 3.80. The molecule has 0 aromatic carbocycles. The quantitative estimate of drug-likeness (QED) is 0.296. The molecule has 25 heavy (non-hydrogen) atoms. The van der Waals surface area contributed by atoms with Crippen LogP contribution in [0.2, 0.25) is 0 Å². The van der Waals surface area contributed by atoms with Crippen molar-refractivity contribution in [2.24, 2.45) is 0 Å². The normalized spacial score (nSPS) is 12.8. The number of carbonyl (C=O) groups excluding carboxylic acids is 1. The molecule has 1 aromatic heterocycles. The molecule has 11 nitrogen and oxygen atoms in total. The minimum absolute atomic E-state index is 0.173. The van der Waals surface area contributed by atoms with Crippen molar-refractivity contribution in [3.63, 3.8) is 0 Å². The first kappa shape index (κ1) is 21.4. The number of nitrogens with zero attached hydrogens (tertiary/aromatic N) is 1. The molecule has 1 aromatic rings. The molecule has 2 N–H and O–H groups in total. The first-order valence-corrected chi connectivity index (χ1v) is 10.6. The van der Waals surface area contributed by atoms with E-state index in [0.717, 1.165) is 6.26 Å². The lowest BCUT2D eigenvalue weighted by atomic mass is 10.2. The van der Waals surface area contributed by atoms with Gasteiger partial charge in [0.25, 0.3) is 0 Å². The fourth-order valence-corrected chi connectivity index (χ4v) is 4.28. The molecule has 0 spiro atoms. The Morgan fingerprint density at radius 3 is 2.20 bits per heavy atom. The summed E-state index contributed by atoms with van der Waals surface area (Å²) in [6, 6.07) is 0. The van der Waals surface area contributed by atoms with Crippen molar-refractivity contribution in [1.82, 2.24) is 4.72 Å². The van der Waals surface area contributed by atoms with Gasteiger partial charge in [0.2, 0.25) is 10.0 Å². The molecule has 14 heteroatoms. The topological polar surface area (TPSA) is 170 Å². The highest BCUT2D eigenvalue weighted by Crippen LogP contribution is 2.39. The van der Waals surface area contributed by atoms with Crippen molar-refractivity contribution in [2.75, 3.05) is 6.26 Å². The average molecular weight is 416 g/mol. The van der Waals surface area contributed by atoms with Crippen molar-refractivity contribution >= 4 is 42.4 Å². The first-order chi connectivity index (χ1) is 11.0. The Balaban J connectivity index is 3.65. The summed E-state index contributed by atoms with van der Waals surface area (Å²) in [4.78, 5) is 20.6. The average Bonchev–Trinajstić information content (AvgIpc) is 2.72. The third kappa shape index (κ3) is 6.00. The third-order valence-electron chi connectivity index (χ3n) is 2.46. The molecule has 0 bridgehead atoms. The fourth-order valence-electron chi connectivity index (χ4n) is 1.68. The van der Waals surface area contributed by atoms with Gasteiger partial charge in [-0.25, -0.2) is 17.9 Å². The van der Waals surface area contributed by atoms with E-state index in [1.165, 1.54) is 20.8 Å². The van der Waals surface area contributed by atoms with Gasteiger partial charge in [0.1, 0.15) is 10.5 Å². The highest BCUT2D eigenvalue weighted by atomic mass is 32.2. The molecule has 0 amide bonds. The van der Waals surface area contributed by atoms with E-state index in [4.69, 9.17) is 4.74 Å². The van der Waals surface area contributed by atoms with Crippen molar-refractivity contribution in [2.45, 2.75) is 37.8 Å². The Morgan fingerprint density at radius 2 is 1.84 bits per heavy atom. The van der Waals surface area contributed by atoms with Crippen molar-refractivity contribution < 1.29 is 35.8 Å². The predicted octanol–water partition coefficient (Wildman–Crippen LogP) is 0.908. The lowest BCUT2D eigenvalue weighted by Crippen LogP contribution is -2.26. The van der Waals surface area contributed by atoms with Gasteiger partial charge in [-0.3, -0.25) is 14.7 Å². The van der Waals surface area contributed by atoms with Crippen LogP contribution in [0.3, 0.4) is 0 Å². The Bertz CT molecular complexity index is 907. The van der Waals surface area contributed by atoms with Crippen LogP contribution in [-0.2, 0) is 31.4 Å². The second-order valence-corrected chi connectivity index (χ2v) is 10.1. The van der Waals surface area contributed by atoms with E-state index in [-0.39, 0.29) is 11.3 Å². The molecule has 0 unspecified atom stereocenters. The van der Waals surface area contributed by atoms with Crippen LogP contribution in [0.4, 0.5) is 5.00 Å². The van der Waals surface area contributed by atoms with Gasteiger partial charge in [0.05, 0.1) is 11.2 Å². The van der Waals surface area contributed by atoms with Gasteiger partial charge in [-0.1, -0.05) is 11.3 Å². The van der Waals surface area contributed by atoms with Crippen LogP contribution in [0.5, 0.6) is 0 Å². The second kappa shape index (κ2) is 6.95. The van der Waals surface area contributed by atoms with Crippen LogP contribution < -0.4 is 4.72 Å². The number of hydrogen-bond donors (Lipinski definition) is 2. The number of carbonyl (C=O) groups is 1. The zero-order valence-corrected chi connectivity index (χ0v) is 16.0. The second-order valence-electron chi connectivity index (χ2n) is 5.87. The highest BCUT2D eigenvalue weighted by Gasteiger charge is 2.37. The van der Waals surface area contributed by atoms with Gasteiger partial charge >= 0.3 is 21.1 Å². The van der Waals surface area contributed by atoms with E-state index in [1.54, 1.807) is 0 Å². The summed E-state index contributed by atoms with van der Waals surface area (Å²) in [5.74, 6) is -1.08. The summed E-state index contributed by atoms with van der Waals surface area (Å²) in [5, 5.41) is 10.1. The molecular weight excluding hydrogens is 400 g/mol. The lowest BCUT2D eigenvalue weighted by Gasteiger charge is -2.19. The van der Waals surface area contributed by atoms with Gasteiger partial charge in [0.15, 0.2) is 4.90 Å². The van der Waals surface area contributed by atoms with Gasteiger partial charge < -0.3 is 4.74 Å². The van der Waals surface area contributed by atoms with E-state index in [2.05, 4.69) is 0 Å². The Labute approximate surface area is 147 Å². The van der Waals surface area contributed by atoms with Gasteiger partial charge in [-0.2, -0.15) is 8.42 Å². The number of nitrogens with one attached hydrogen (secondary N) is 1. The smallest absolute Gasteiger partial charge is 0.349 e. The number of thiophene rings is 1. The molecule has 0 saturated carbocycles. The van der Waals surface area contributed by atoms with Crippen LogP contribution in [-0.4, -0.2) is 44.1 Å². The molecular formula is C11H16N2O9S3. The zero-order valence-electron chi connectivity index (χ0n) is 13.6. The van der Waals surface area contributed by atoms with Gasteiger partial charge in [-0.15, -0.1) is 0 Å². The van der Waals surface area contributed by atoms with E-state index in [1.807, 2.05) is 4.72 Å². The largest absolute Gasteiger partial charge is 0.456 e. The molecule has 0 fully saturated rings. The molecule has 142 valence electrons. The Morgan fingerprint density at radius 1 is 1.32 bits per heavy atom. The Hall–Kier alpha value is -1.61. The van der Waals surface area contributed by atoms with Crippen molar-refractivity contribution in [3.8, 4) is 0 Å². The minimum Gasteiger partial charge on any atom is -0.456 e. The van der Waals surface area contributed by atoms with Crippen molar-refractivity contribution in [1.29, 1.82) is 0 Å². The lowest BCUT2D eigenvalue weighted by molar-refractivity contribution is -0.383. The van der Waals surface area contributed by atoms with Crippen LogP contribution in [0.1, 0.15) is 36.0 Å². The SMILES string of the molecule is CC(C)(C)OC(=O)c1sc([N+](=O)[O-])c(S(=O)(=O)O)c1CNS(C)(=O)=O. The monoisotopic (exact) mass is 416 g/mol. The minimum atomic E-state index is -5.11. The van der Waals surface area contributed by atoms with Crippen LogP contribution in [0.15, 0.2) is 4.90 Å². The van der Waals surface area contributed by atoms with E-state index in [0.29, 0.717) is 0 Å². The summed E-state index contributed by atoms with van der Waals surface area (Å²) in [5.41, 5.74) is -1.55. The molecule has 0 saturated heterocycles. The van der Waals surface area contributed by atoms with Crippen LogP contribution in [0.25, 0.3) is 0 Å². The van der Waals surface area contributed by atoms with E-state index < -0.39 is 63.5 Å². The summed E-state index contributed by atoms with van der Waals surface area (Å²) in [7, 11) is -8.92. The number of rotatable bonds is 6. The predicted molar refractivity (Wildman–Crippen MR) is 87.6 cm³/mol. The zero-order chi connectivity index (χ0) is 19.8. The molecule has 0 radical (unpaired) electrons. The molecule has 0 atom stereocenters. The third-order valence-corrected chi connectivity index (χ3v) is 5.38. The molecule has 0 aliphatic carbocycles. The highest BCUT2D eigenvalue weighted by molar-refractivity contribution is 7.88. The summed E-state index contributed by atoms with van der Waals surface area (Å²) in [6.07, 6.45) is 0.772. The molecule has 0 aliphatic rings. The van der Waals surface area contributed by atoms with Gasteiger partial charge in [-0.05, 0) is 20.8 Å². The maximum Gasteiger partial charge on any atom is 0.349 e. The number of esters is 1. The van der Waals surface area contributed by atoms with Crippen LogP contribution >= 0.6 is 11.3 Å². The number of hydrogen-bond acceptors (Lipinski definition) is 9. The number of ether oxygens (including phenoxy) is 1. The maximum atomic E-state index is 12.2. The van der Waals surface area contributed by atoms with Crippen LogP contribution in [0, 0.1) is 10.1 Å². The number of sulfonamides is 1. The number of nitro groups is 1. The fraction of sp³-hybridized carbons (Fsp3) is 0.545. The van der Waals surface area contributed by atoms with Crippen molar-refractivity contribution in [3.05, 3.63) is 20.6 Å². The Kier molecular flexibility index (Phi) is 5.96. The molecule has 1 rings (SSSR count). The standard InChI is InChI=1S/C11H16N2O9S3/c1-11(2,3)22-10(14)7-6(5-12-24(4,17)18)8(25(19,20)21)9(23-7)13(15)16/h12H,5H2,1-4H3,(H,19,20,21). The molecule has 1 heterocycles. The first-order valence-electron chi connectivity index (χ1n) is 6.48. The summed E-state index contributed by atoms with van der Waals surface area (Å²) < 4.78 is 61.9. The van der Waals surface area contributed by atoms with Gasteiger partial charge in [0, 0.05) is 12.1 Å². The van der Waals surface area contributed by atoms with E-state index >= 15 is 0 Å². The van der Waals surface area contributed by atoms with E-state index in [9.17, 15) is 36.3 Å².